The summed E-state index contributed by atoms with van der Waals surface area (Å²) in [5, 5.41) is 10.2. The molecule has 0 aliphatic heterocycles. The molecule has 114 valence electrons. The highest BCUT2D eigenvalue weighted by atomic mass is 79.9. The molecule has 0 saturated heterocycles. The standard InChI is InChI=1S/C14H21BrO5/c1-17-8-9-20-7-6-11(16)10-4-5-12(18-2)13(15)14(10)19-3/h4-5,11,16H,6-9H2,1-3H3. The lowest BCUT2D eigenvalue weighted by Gasteiger charge is -2.17. The van der Waals surface area contributed by atoms with E-state index in [-0.39, 0.29) is 0 Å². The minimum atomic E-state index is -0.658. The van der Waals surface area contributed by atoms with Crippen LogP contribution in [-0.2, 0) is 9.47 Å². The third kappa shape index (κ3) is 4.63. The van der Waals surface area contributed by atoms with Crippen molar-refractivity contribution < 1.29 is 24.1 Å². The highest BCUT2D eigenvalue weighted by Gasteiger charge is 2.18. The molecule has 1 aromatic rings. The van der Waals surface area contributed by atoms with Gasteiger partial charge in [-0.15, -0.1) is 0 Å². The molecule has 1 aromatic carbocycles. The van der Waals surface area contributed by atoms with Gasteiger partial charge in [0.2, 0.25) is 0 Å². The molecular formula is C14H21BrO5. The first kappa shape index (κ1) is 17.2. The van der Waals surface area contributed by atoms with Crippen LogP contribution in [0.15, 0.2) is 16.6 Å². The number of benzene rings is 1. The van der Waals surface area contributed by atoms with E-state index in [1.807, 2.05) is 0 Å². The van der Waals surface area contributed by atoms with Gasteiger partial charge in [-0.3, -0.25) is 0 Å². The first-order valence-electron chi connectivity index (χ1n) is 6.30. The number of hydrogen-bond acceptors (Lipinski definition) is 5. The van der Waals surface area contributed by atoms with E-state index in [1.165, 1.54) is 0 Å². The first-order valence-corrected chi connectivity index (χ1v) is 7.10. The van der Waals surface area contributed by atoms with Crippen LogP contribution in [0.1, 0.15) is 18.1 Å². The summed E-state index contributed by atoms with van der Waals surface area (Å²) in [4.78, 5) is 0. The Balaban J connectivity index is 2.67. The molecule has 1 rings (SSSR count). The zero-order valence-electron chi connectivity index (χ0n) is 12.0. The number of halogens is 1. The number of ether oxygens (including phenoxy) is 4. The van der Waals surface area contributed by atoms with Gasteiger partial charge in [0.05, 0.1) is 33.5 Å². The lowest BCUT2D eigenvalue weighted by atomic mass is 10.1. The van der Waals surface area contributed by atoms with Crippen molar-refractivity contribution >= 4 is 15.9 Å². The molecule has 0 amide bonds. The molecule has 0 spiro atoms. The highest BCUT2D eigenvalue weighted by molar-refractivity contribution is 9.10. The predicted octanol–water partition coefficient (Wildman–Crippen LogP) is 2.55. The monoisotopic (exact) mass is 348 g/mol. The zero-order valence-corrected chi connectivity index (χ0v) is 13.6. The van der Waals surface area contributed by atoms with Gasteiger partial charge in [-0.1, -0.05) is 0 Å². The Kier molecular flexibility index (Phi) is 7.91. The summed E-state index contributed by atoms with van der Waals surface area (Å²) in [6, 6.07) is 3.58. The summed E-state index contributed by atoms with van der Waals surface area (Å²) in [6.07, 6.45) is -0.173. The van der Waals surface area contributed by atoms with Crippen LogP contribution < -0.4 is 9.47 Å². The molecule has 0 heterocycles. The van der Waals surface area contributed by atoms with Crippen molar-refractivity contribution in [3.8, 4) is 11.5 Å². The van der Waals surface area contributed by atoms with Gasteiger partial charge in [-0.05, 0) is 28.1 Å². The van der Waals surface area contributed by atoms with Crippen molar-refractivity contribution in [3.05, 3.63) is 22.2 Å². The quantitative estimate of drug-likeness (QED) is 0.695. The van der Waals surface area contributed by atoms with Crippen LogP contribution in [-0.4, -0.2) is 46.3 Å². The van der Waals surface area contributed by atoms with E-state index in [1.54, 1.807) is 33.5 Å². The van der Waals surface area contributed by atoms with E-state index in [2.05, 4.69) is 15.9 Å². The molecular weight excluding hydrogens is 328 g/mol. The van der Waals surface area contributed by atoms with Crippen molar-refractivity contribution in [2.75, 3.05) is 41.2 Å². The molecule has 0 aliphatic carbocycles. The molecule has 0 aromatic heterocycles. The Hall–Kier alpha value is -0.820. The lowest BCUT2D eigenvalue weighted by Crippen LogP contribution is -2.08. The molecule has 0 saturated carbocycles. The average molecular weight is 349 g/mol. The van der Waals surface area contributed by atoms with Crippen LogP contribution in [0.4, 0.5) is 0 Å². The highest BCUT2D eigenvalue weighted by Crippen LogP contribution is 2.40. The largest absolute Gasteiger partial charge is 0.495 e. The Labute approximate surface area is 127 Å². The number of aliphatic hydroxyl groups excluding tert-OH is 1. The van der Waals surface area contributed by atoms with Gasteiger partial charge in [0.25, 0.3) is 0 Å². The van der Waals surface area contributed by atoms with E-state index < -0.39 is 6.10 Å². The maximum absolute atomic E-state index is 10.2. The lowest BCUT2D eigenvalue weighted by molar-refractivity contribution is 0.0470. The molecule has 6 heteroatoms. The second kappa shape index (κ2) is 9.18. The third-order valence-electron chi connectivity index (χ3n) is 2.84. The predicted molar refractivity (Wildman–Crippen MR) is 79.5 cm³/mol. The molecule has 0 fully saturated rings. The van der Waals surface area contributed by atoms with Crippen LogP contribution in [0, 0.1) is 0 Å². The number of aliphatic hydroxyl groups is 1. The van der Waals surface area contributed by atoms with Gasteiger partial charge in [0, 0.05) is 25.7 Å². The Bertz CT molecular complexity index is 411. The molecule has 0 aliphatic rings. The molecule has 20 heavy (non-hydrogen) atoms. The molecule has 5 nitrogen and oxygen atoms in total. The second-order valence-corrected chi connectivity index (χ2v) is 4.91. The summed E-state index contributed by atoms with van der Waals surface area (Å²) < 4.78 is 21.5. The zero-order chi connectivity index (χ0) is 15.0. The summed E-state index contributed by atoms with van der Waals surface area (Å²) in [6.45, 7) is 1.53. The Morgan fingerprint density at radius 1 is 1.10 bits per heavy atom. The van der Waals surface area contributed by atoms with Crippen molar-refractivity contribution in [2.45, 2.75) is 12.5 Å². The van der Waals surface area contributed by atoms with E-state index in [4.69, 9.17) is 18.9 Å². The van der Waals surface area contributed by atoms with E-state index in [0.717, 1.165) is 0 Å². The smallest absolute Gasteiger partial charge is 0.142 e. The normalized spacial score (nSPS) is 12.2. The van der Waals surface area contributed by atoms with Crippen molar-refractivity contribution in [2.24, 2.45) is 0 Å². The fourth-order valence-corrected chi connectivity index (χ4v) is 2.46. The SMILES string of the molecule is COCCOCCC(O)c1ccc(OC)c(Br)c1OC. The summed E-state index contributed by atoms with van der Waals surface area (Å²) >= 11 is 3.41. The molecule has 0 radical (unpaired) electrons. The van der Waals surface area contributed by atoms with Gasteiger partial charge < -0.3 is 24.1 Å². The van der Waals surface area contributed by atoms with E-state index in [0.29, 0.717) is 47.8 Å². The number of rotatable bonds is 9. The number of hydrogen-bond donors (Lipinski definition) is 1. The third-order valence-corrected chi connectivity index (χ3v) is 3.59. The second-order valence-electron chi connectivity index (χ2n) is 4.11. The van der Waals surface area contributed by atoms with Gasteiger partial charge in [0.1, 0.15) is 16.0 Å². The summed E-state index contributed by atoms with van der Waals surface area (Å²) in [7, 11) is 4.77. The average Bonchev–Trinajstić information content (AvgIpc) is 2.46. The van der Waals surface area contributed by atoms with Crippen LogP contribution in [0.5, 0.6) is 11.5 Å². The Morgan fingerprint density at radius 3 is 2.45 bits per heavy atom. The van der Waals surface area contributed by atoms with Gasteiger partial charge >= 0.3 is 0 Å². The maximum Gasteiger partial charge on any atom is 0.142 e. The topological polar surface area (TPSA) is 57.2 Å². The molecule has 1 N–H and O–H groups in total. The minimum absolute atomic E-state index is 0.456. The fraction of sp³-hybridized carbons (Fsp3) is 0.571. The van der Waals surface area contributed by atoms with E-state index >= 15 is 0 Å². The van der Waals surface area contributed by atoms with E-state index in [9.17, 15) is 5.11 Å². The van der Waals surface area contributed by atoms with Gasteiger partial charge in [-0.2, -0.15) is 0 Å². The summed E-state index contributed by atoms with van der Waals surface area (Å²) in [5.74, 6) is 1.24. The first-order chi connectivity index (χ1) is 9.65. The summed E-state index contributed by atoms with van der Waals surface area (Å²) in [5.41, 5.74) is 0.704. The Morgan fingerprint density at radius 2 is 1.85 bits per heavy atom. The maximum atomic E-state index is 10.2. The van der Waals surface area contributed by atoms with Crippen LogP contribution in [0.3, 0.4) is 0 Å². The molecule has 1 atom stereocenters. The van der Waals surface area contributed by atoms with Gasteiger partial charge in [-0.25, -0.2) is 0 Å². The fourth-order valence-electron chi connectivity index (χ4n) is 1.78. The van der Waals surface area contributed by atoms with Crippen LogP contribution in [0.25, 0.3) is 0 Å². The van der Waals surface area contributed by atoms with Crippen LogP contribution >= 0.6 is 15.9 Å². The van der Waals surface area contributed by atoms with Crippen molar-refractivity contribution in [1.82, 2.24) is 0 Å². The van der Waals surface area contributed by atoms with Crippen molar-refractivity contribution in [1.29, 1.82) is 0 Å². The minimum Gasteiger partial charge on any atom is -0.495 e. The molecule has 0 bridgehead atoms. The van der Waals surface area contributed by atoms with Crippen molar-refractivity contribution in [3.63, 3.8) is 0 Å². The number of methoxy groups -OCH3 is 3. The van der Waals surface area contributed by atoms with Gasteiger partial charge in [0.15, 0.2) is 0 Å². The molecule has 1 unspecified atom stereocenters. The van der Waals surface area contributed by atoms with Crippen LogP contribution in [0.2, 0.25) is 0 Å².